The number of H-pyrrole nitrogens is 1. The smallest absolute Gasteiger partial charge is 0.449 e. The van der Waals surface area contributed by atoms with Crippen molar-refractivity contribution in [1.82, 2.24) is 10.3 Å². The molecule has 3 N–H and O–H groups in total. The summed E-state index contributed by atoms with van der Waals surface area (Å²) in [5, 5.41) is 12.2. The van der Waals surface area contributed by atoms with Crippen LogP contribution in [0.3, 0.4) is 0 Å². The zero-order valence-corrected chi connectivity index (χ0v) is 16.9. The second kappa shape index (κ2) is 8.54. The number of aromatic amines is 1. The fourth-order valence-electron chi connectivity index (χ4n) is 3.55. The van der Waals surface area contributed by atoms with Gasteiger partial charge in [-0.3, -0.25) is 4.79 Å². The molecule has 0 fully saturated rings. The maximum atomic E-state index is 14.2. The zero-order valence-electron chi connectivity index (χ0n) is 16.9. The van der Waals surface area contributed by atoms with Gasteiger partial charge in [0.25, 0.3) is 5.95 Å². The number of benzene rings is 2. The summed E-state index contributed by atoms with van der Waals surface area (Å²) in [6.07, 6.45) is 1.79. The number of halogens is 2. The minimum atomic E-state index is -1.48. The Morgan fingerprint density at radius 1 is 1.19 bits per heavy atom. The van der Waals surface area contributed by atoms with Crippen molar-refractivity contribution in [2.75, 3.05) is 6.54 Å². The Kier molecular flexibility index (Phi) is 5.63. The molecule has 0 aliphatic heterocycles. The molecule has 0 aliphatic rings. The Balaban J connectivity index is 1.39. The molecule has 0 radical (unpaired) electrons. The lowest BCUT2D eigenvalue weighted by Gasteiger charge is -2.04. The van der Waals surface area contributed by atoms with E-state index < -0.39 is 17.8 Å². The Labute approximate surface area is 180 Å². The van der Waals surface area contributed by atoms with Gasteiger partial charge in [0.2, 0.25) is 5.91 Å². The number of carbonyl (C=O) groups excluding carboxylic acids is 1. The van der Waals surface area contributed by atoms with Crippen LogP contribution >= 0.6 is 0 Å². The number of ether oxygens (including phenoxy) is 1. The number of hydrogen-bond donors (Lipinski definition) is 3. The molecule has 0 aliphatic carbocycles. The molecule has 32 heavy (non-hydrogen) atoms. The first-order chi connectivity index (χ1) is 15.3. The van der Waals surface area contributed by atoms with E-state index in [0.717, 1.165) is 12.1 Å². The van der Waals surface area contributed by atoms with Crippen LogP contribution in [0.2, 0.25) is 0 Å². The summed E-state index contributed by atoms with van der Waals surface area (Å²) in [6, 6.07) is 8.65. The van der Waals surface area contributed by atoms with Gasteiger partial charge in [0, 0.05) is 35.2 Å². The second-order valence-electron chi connectivity index (χ2n) is 7.11. The first kappa shape index (κ1) is 21.1. The molecular weight excluding hydrogens is 422 g/mol. The fraction of sp³-hybridized carbons (Fsp3) is 0.130. The molecule has 0 bridgehead atoms. The molecule has 2 heterocycles. The molecule has 4 rings (SSSR count). The largest absolute Gasteiger partial charge is 0.513 e. The second-order valence-corrected chi connectivity index (χ2v) is 7.11. The molecule has 1 amide bonds. The van der Waals surface area contributed by atoms with Crippen molar-refractivity contribution in [3.8, 4) is 5.95 Å². The third-order valence-electron chi connectivity index (χ3n) is 4.98. The lowest BCUT2D eigenvalue weighted by atomic mass is 10.1. The van der Waals surface area contributed by atoms with Gasteiger partial charge in [0.05, 0.1) is 5.52 Å². The summed E-state index contributed by atoms with van der Waals surface area (Å²) in [6.45, 7) is 1.97. The van der Waals surface area contributed by atoms with Gasteiger partial charge < -0.3 is 24.6 Å². The van der Waals surface area contributed by atoms with Crippen LogP contribution in [0.15, 0.2) is 46.9 Å². The fourth-order valence-corrected chi connectivity index (χ4v) is 3.55. The molecule has 4 aromatic rings. The first-order valence-electron chi connectivity index (χ1n) is 9.67. The summed E-state index contributed by atoms with van der Waals surface area (Å²) in [4.78, 5) is 25.6. The topological polar surface area (TPSA) is 105 Å². The monoisotopic (exact) mass is 440 g/mol. The van der Waals surface area contributed by atoms with E-state index in [4.69, 9.17) is 9.52 Å². The van der Waals surface area contributed by atoms with E-state index in [9.17, 15) is 18.4 Å². The molecule has 2 aromatic carbocycles. The molecule has 0 unspecified atom stereocenters. The average molecular weight is 440 g/mol. The van der Waals surface area contributed by atoms with E-state index in [1.54, 1.807) is 31.2 Å². The predicted molar refractivity (Wildman–Crippen MR) is 114 cm³/mol. The van der Waals surface area contributed by atoms with Gasteiger partial charge in [0.15, 0.2) is 0 Å². The van der Waals surface area contributed by atoms with Gasteiger partial charge in [-0.05, 0) is 54.8 Å². The standard InChI is InChI=1S/C23H18F2N2O5/c1-12-15(21-16(24)4-5-17(25)22(21)27-12)8-9-26-19(28)7-3-13-2-6-18-14(10-13)11-20(31-18)32-23(29)30/h2-7,10-11,27H,8-9H2,1H3,(H,26,28)(H,29,30)/b7-3+. The van der Waals surface area contributed by atoms with E-state index in [2.05, 4.69) is 15.0 Å². The minimum Gasteiger partial charge on any atom is -0.449 e. The lowest BCUT2D eigenvalue weighted by Crippen LogP contribution is -2.23. The summed E-state index contributed by atoms with van der Waals surface area (Å²) in [7, 11) is 0. The number of nitrogens with one attached hydrogen (secondary N) is 2. The SMILES string of the molecule is Cc1[nH]c2c(F)ccc(F)c2c1CCNC(=O)/C=C/c1ccc2oc(OC(=O)O)cc2c1. The van der Waals surface area contributed by atoms with Gasteiger partial charge in [-0.2, -0.15) is 0 Å². The summed E-state index contributed by atoms with van der Waals surface area (Å²) in [5.41, 5.74) is 2.52. The summed E-state index contributed by atoms with van der Waals surface area (Å²) < 4.78 is 37.8. The Morgan fingerprint density at radius 2 is 1.97 bits per heavy atom. The summed E-state index contributed by atoms with van der Waals surface area (Å²) in [5.74, 6) is -1.54. The number of aromatic nitrogens is 1. The van der Waals surface area contributed by atoms with Crippen molar-refractivity contribution in [3.63, 3.8) is 0 Å². The quantitative estimate of drug-likeness (QED) is 0.291. The number of aryl methyl sites for hydroxylation is 1. The van der Waals surface area contributed by atoms with Crippen molar-refractivity contribution < 1.29 is 32.6 Å². The van der Waals surface area contributed by atoms with Crippen molar-refractivity contribution in [3.05, 3.63) is 70.9 Å². The van der Waals surface area contributed by atoms with E-state index in [-0.39, 0.29) is 29.3 Å². The van der Waals surface area contributed by atoms with Crippen molar-refractivity contribution in [2.45, 2.75) is 13.3 Å². The number of carbonyl (C=O) groups is 2. The molecule has 0 saturated carbocycles. The van der Waals surface area contributed by atoms with E-state index in [0.29, 0.717) is 34.2 Å². The Hall–Kier alpha value is -4.14. The minimum absolute atomic E-state index is 0.121. The highest BCUT2D eigenvalue weighted by Gasteiger charge is 2.15. The van der Waals surface area contributed by atoms with Gasteiger partial charge in [-0.15, -0.1) is 0 Å². The summed E-state index contributed by atoms with van der Waals surface area (Å²) >= 11 is 0. The van der Waals surface area contributed by atoms with Crippen molar-refractivity contribution in [1.29, 1.82) is 0 Å². The van der Waals surface area contributed by atoms with E-state index >= 15 is 0 Å². The molecular formula is C23H18F2N2O5. The number of amides is 1. The number of furan rings is 1. The van der Waals surface area contributed by atoms with Crippen molar-refractivity contribution in [2.24, 2.45) is 0 Å². The highest BCUT2D eigenvalue weighted by atomic mass is 19.1. The number of hydrogen-bond acceptors (Lipinski definition) is 4. The van der Waals surface area contributed by atoms with Gasteiger partial charge in [-0.1, -0.05) is 6.07 Å². The van der Waals surface area contributed by atoms with Gasteiger partial charge in [-0.25, -0.2) is 13.6 Å². The van der Waals surface area contributed by atoms with Crippen LogP contribution in [0.5, 0.6) is 5.95 Å². The van der Waals surface area contributed by atoms with E-state index in [1.807, 2.05) is 0 Å². The molecule has 0 atom stereocenters. The molecule has 0 spiro atoms. The van der Waals surface area contributed by atoms with Gasteiger partial charge in [0.1, 0.15) is 17.2 Å². The molecule has 0 saturated heterocycles. The van der Waals surface area contributed by atoms with Crippen LogP contribution in [0.4, 0.5) is 13.6 Å². The highest BCUT2D eigenvalue weighted by Crippen LogP contribution is 2.28. The number of carboxylic acid groups (broad SMARTS) is 1. The van der Waals surface area contributed by atoms with Crippen LogP contribution in [0, 0.1) is 18.6 Å². The van der Waals surface area contributed by atoms with Crippen LogP contribution in [-0.4, -0.2) is 28.7 Å². The Morgan fingerprint density at radius 3 is 2.75 bits per heavy atom. The Bertz CT molecular complexity index is 1370. The lowest BCUT2D eigenvalue weighted by molar-refractivity contribution is -0.116. The van der Waals surface area contributed by atoms with Crippen LogP contribution < -0.4 is 10.1 Å². The third kappa shape index (κ3) is 4.31. The highest BCUT2D eigenvalue weighted by molar-refractivity contribution is 5.93. The maximum absolute atomic E-state index is 14.2. The predicted octanol–water partition coefficient (Wildman–Crippen LogP) is 4.93. The first-order valence-corrected chi connectivity index (χ1v) is 9.67. The molecule has 7 nitrogen and oxygen atoms in total. The normalized spacial score (nSPS) is 11.5. The maximum Gasteiger partial charge on any atom is 0.513 e. The van der Waals surface area contributed by atoms with Crippen LogP contribution in [-0.2, 0) is 11.2 Å². The zero-order chi connectivity index (χ0) is 22.8. The van der Waals surface area contributed by atoms with Crippen LogP contribution in [0.25, 0.3) is 27.9 Å². The third-order valence-corrected chi connectivity index (χ3v) is 4.98. The molecule has 2 aromatic heterocycles. The van der Waals surface area contributed by atoms with Gasteiger partial charge >= 0.3 is 6.16 Å². The van der Waals surface area contributed by atoms with E-state index in [1.165, 1.54) is 12.1 Å². The molecule has 164 valence electrons. The molecule has 9 heteroatoms. The number of rotatable bonds is 6. The van der Waals surface area contributed by atoms with Crippen LogP contribution in [0.1, 0.15) is 16.8 Å². The number of fused-ring (bicyclic) bond motifs is 2. The average Bonchev–Trinajstić information content (AvgIpc) is 3.29. The van der Waals surface area contributed by atoms with Crippen molar-refractivity contribution >= 4 is 40.0 Å².